The molecule has 1 heterocycles. The Morgan fingerprint density at radius 3 is 2.93 bits per heavy atom. The summed E-state index contributed by atoms with van der Waals surface area (Å²) in [7, 11) is 0. The number of rotatable bonds is 2. The van der Waals surface area contributed by atoms with E-state index in [0.717, 1.165) is 9.26 Å². The van der Waals surface area contributed by atoms with Gasteiger partial charge in [0.1, 0.15) is 6.61 Å². The largest absolute Gasteiger partial charge is 0.388 e. The molecular weight excluding hydrogens is 295 g/mol. The first-order chi connectivity index (χ1) is 6.79. The molecule has 1 N–H and O–H groups in total. The summed E-state index contributed by atoms with van der Waals surface area (Å²) in [5.74, 6) is 0.323. The Morgan fingerprint density at radius 1 is 1.43 bits per heavy atom. The maximum atomic E-state index is 8.77. The van der Waals surface area contributed by atoms with Crippen LogP contribution in [0.15, 0.2) is 24.3 Å². The first kappa shape index (κ1) is 9.53. The van der Waals surface area contributed by atoms with Crippen LogP contribution in [0.5, 0.6) is 0 Å². The first-order valence-corrected chi connectivity index (χ1v) is 5.03. The maximum absolute atomic E-state index is 8.77. The van der Waals surface area contributed by atoms with Crippen molar-refractivity contribution in [1.82, 2.24) is 20.2 Å². The second kappa shape index (κ2) is 4.01. The Bertz CT molecular complexity index is 442. The van der Waals surface area contributed by atoms with Crippen LogP contribution in [0.1, 0.15) is 5.82 Å². The summed E-state index contributed by atoms with van der Waals surface area (Å²) in [5.41, 5.74) is 0.837. The van der Waals surface area contributed by atoms with Gasteiger partial charge in [0.15, 0.2) is 0 Å². The highest BCUT2D eigenvalue weighted by atomic mass is 127. The topological polar surface area (TPSA) is 63.8 Å². The van der Waals surface area contributed by atoms with Crippen molar-refractivity contribution >= 4 is 22.6 Å². The number of nitrogens with zero attached hydrogens (tertiary/aromatic N) is 4. The molecule has 0 aliphatic rings. The number of hydrogen-bond donors (Lipinski definition) is 1. The van der Waals surface area contributed by atoms with E-state index in [1.165, 1.54) is 4.80 Å². The lowest BCUT2D eigenvalue weighted by Crippen LogP contribution is -1.99. The highest BCUT2D eigenvalue weighted by Crippen LogP contribution is 2.10. The monoisotopic (exact) mass is 302 g/mol. The van der Waals surface area contributed by atoms with E-state index < -0.39 is 0 Å². The lowest BCUT2D eigenvalue weighted by Gasteiger charge is -1.97. The minimum Gasteiger partial charge on any atom is -0.388 e. The minimum atomic E-state index is -0.191. The first-order valence-electron chi connectivity index (χ1n) is 3.95. The smallest absolute Gasteiger partial charge is 0.200 e. The minimum absolute atomic E-state index is 0.191. The Hall–Kier alpha value is -1.02. The summed E-state index contributed by atoms with van der Waals surface area (Å²) in [4.78, 5) is 1.40. The number of tetrazole rings is 1. The molecule has 1 aromatic carbocycles. The third-order valence-electron chi connectivity index (χ3n) is 1.64. The van der Waals surface area contributed by atoms with Crippen molar-refractivity contribution in [2.75, 3.05) is 0 Å². The fourth-order valence-corrected chi connectivity index (χ4v) is 1.54. The second-order valence-electron chi connectivity index (χ2n) is 2.63. The summed E-state index contributed by atoms with van der Waals surface area (Å²) >= 11 is 2.21. The molecule has 0 saturated carbocycles. The van der Waals surface area contributed by atoms with Crippen LogP contribution >= 0.6 is 22.6 Å². The Kier molecular flexibility index (Phi) is 2.73. The van der Waals surface area contributed by atoms with Gasteiger partial charge in [-0.1, -0.05) is 6.07 Å². The molecular formula is C8H7IN4O. The van der Waals surface area contributed by atoms with Crippen LogP contribution in [0.4, 0.5) is 0 Å². The Morgan fingerprint density at radius 2 is 2.29 bits per heavy atom. The van der Waals surface area contributed by atoms with E-state index in [2.05, 4.69) is 38.0 Å². The normalized spacial score (nSPS) is 10.4. The van der Waals surface area contributed by atoms with E-state index in [1.807, 2.05) is 24.3 Å². The highest BCUT2D eigenvalue weighted by molar-refractivity contribution is 14.1. The van der Waals surface area contributed by atoms with Crippen LogP contribution in [-0.2, 0) is 6.61 Å². The van der Waals surface area contributed by atoms with Crippen LogP contribution in [0.25, 0.3) is 5.69 Å². The van der Waals surface area contributed by atoms with Crippen molar-refractivity contribution in [3.8, 4) is 5.69 Å². The molecule has 0 aliphatic carbocycles. The van der Waals surface area contributed by atoms with Crippen LogP contribution in [0.2, 0.25) is 0 Å². The number of aliphatic hydroxyl groups is 1. The number of benzene rings is 1. The lowest BCUT2D eigenvalue weighted by molar-refractivity contribution is 0.271. The maximum Gasteiger partial charge on any atom is 0.200 e. The second-order valence-corrected chi connectivity index (χ2v) is 3.88. The number of aliphatic hydroxyl groups excluding tert-OH is 1. The van der Waals surface area contributed by atoms with Crippen LogP contribution in [0.3, 0.4) is 0 Å². The van der Waals surface area contributed by atoms with Crippen LogP contribution in [-0.4, -0.2) is 25.3 Å². The van der Waals surface area contributed by atoms with Crippen LogP contribution in [0, 0.1) is 3.57 Å². The average molecular weight is 302 g/mol. The van der Waals surface area contributed by atoms with Gasteiger partial charge >= 0.3 is 0 Å². The van der Waals surface area contributed by atoms with Crippen molar-refractivity contribution in [3.05, 3.63) is 33.7 Å². The van der Waals surface area contributed by atoms with Gasteiger partial charge in [0.2, 0.25) is 5.82 Å². The molecule has 0 fully saturated rings. The summed E-state index contributed by atoms with van der Waals surface area (Å²) in [6, 6.07) is 7.71. The van der Waals surface area contributed by atoms with E-state index in [9.17, 15) is 0 Å². The molecule has 0 saturated heterocycles. The molecule has 2 aromatic rings. The average Bonchev–Trinajstić information content (AvgIpc) is 2.66. The molecule has 6 heteroatoms. The van der Waals surface area contributed by atoms with Gasteiger partial charge in [0, 0.05) is 3.57 Å². The molecule has 1 aromatic heterocycles. The highest BCUT2D eigenvalue weighted by Gasteiger charge is 2.02. The van der Waals surface area contributed by atoms with Gasteiger partial charge < -0.3 is 5.11 Å². The fourth-order valence-electron chi connectivity index (χ4n) is 1.02. The fraction of sp³-hybridized carbons (Fsp3) is 0.125. The van der Waals surface area contributed by atoms with E-state index >= 15 is 0 Å². The van der Waals surface area contributed by atoms with Gasteiger partial charge in [-0.25, -0.2) is 0 Å². The quantitative estimate of drug-likeness (QED) is 0.832. The summed E-state index contributed by atoms with van der Waals surface area (Å²) < 4.78 is 1.10. The van der Waals surface area contributed by atoms with Crippen molar-refractivity contribution in [1.29, 1.82) is 0 Å². The Balaban J connectivity index is 2.39. The van der Waals surface area contributed by atoms with E-state index in [4.69, 9.17) is 5.11 Å². The zero-order valence-electron chi connectivity index (χ0n) is 7.13. The zero-order chi connectivity index (χ0) is 9.97. The molecule has 0 unspecified atom stereocenters. The molecule has 14 heavy (non-hydrogen) atoms. The molecule has 0 atom stereocenters. The van der Waals surface area contributed by atoms with Crippen molar-refractivity contribution < 1.29 is 5.11 Å². The number of hydrogen-bond acceptors (Lipinski definition) is 4. The molecule has 2 rings (SSSR count). The molecule has 0 aliphatic heterocycles. The molecule has 5 nitrogen and oxygen atoms in total. The summed E-state index contributed by atoms with van der Waals surface area (Å²) in [6.07, 6.45) is 0. The molecule has 0 bridgehead atoms. The zero-order valence-corrected chi connectivity index (χ0v) is 9.29. The Labute approximate surface area is 93.9 Å². The molecule has 0 amide bonds. The number of halogens is 1. The van der Waals surface area contributed by atoms with Gasteiger partial charge in [0.25, 0.3) is 0 Å². The predicted octanol–water partition coefficient (Wildman–Crippen LogP) is 0.759. The van der Waals surface area contributed by atoms with E-state index in [-0.39, 0.29) is 6.61 Å². The van der Waals surface area contributed by atoms with Crippen molar-refractivity contribution in [2.24, 2.45) is 0 Å². The van der Waals surface area contributed by atoms with Gasteiger partial charge in [-0.15, -0.1) is 15.0 Å². The molecule has 72 valence electrons. The lowest BCUT2D eigenvalue weighted by atomic mass is 10.3. The predicted molar refractivity (Wildman–Crippen MR) is 57.8 cm³/mol. The van der Waals surface area contributed by atoms with E-state index in [0.29, 0.717) is 5.82 Å². The van der Waals surface area contributed by atoms with Gasteiger partial charge in [-0.05, 0) is 46.0 Å². The number of aromatic nitrogens is 4. The van der Waals surface area contributed by atoms with E-state index in [1.54, 1.807) is 0 Å². The van der Waals surface area contributed by atoms with Gasteiger partial charge in [-0.2, -0.15) is 0 Å². The third-order valence-corrected chi connectivity index (χ3v) is 2.31. The van der Waals surface area contributed by atoms with Crippen molar-refractivity contribution in [2.45, 2.75) is 6.61 Å². The summed E-state index contributed by atoms with van der Waals surface area (Å²) in [5, 5.41) is 20.2. The standard InChI is InChI=1S/C8H7IN4O/c9-6-2-1-3-7(4-6)13-11-8(5-14)10-12-13/h1-4,14H,5H2. The van der Waals surface area contributed by atoms with Gasteiger partial charge in [-0.3, -0.25) is 0 Å². The SMILES string of the molecule is OCc1nnn(-c2cccc(I)c2)n1. The van der Waals surface area contributed by atoms with Crippen LogP contribution < -0.4 is 0 Å². The van der Waals surface area contributed by atoms with Crippen molar-refractivity contribution in [3.63, 3.8) is 0 Å². The summed E-state index contributed by atoms with van der Waals surface area (Å²) in [6.45, 7) is -0.191. The van der Waals surface area contributed by atoms with Gasteiger partial charge in [0.05, 0.1) is 5.69 Å². The third kappa shape index (κ3) is 1.90. The molecule has 0 spiro atoms. The molecule has 0 radical (unpaired) electrons.